The summed E-state index contributed by atoms with van der Waals surface area (Å²) in [6.45, 7) is 0. The highest BCUT2D eigenvalue weighted by Gasteiger charge is 2.14. The van der Waals surface area contributed by atoms with Crippen molar-refractivity contribution in [3.05, 3.63) is 107 Å². The van der Waals surface area contributed by atoms with Gasteiger partial charge >= 0.3 is 0 Å². The number of rotatable bonds is 5. The van der Waals surface area contributed by atoms with Gasteiger partial charge in [-0.15, -0.1) is 0 Å². The Balaban J connectivity index is 1.49. The molecule has 7 heteroatoms. The number of nitrogens with zero attached hydrogens (tertiary/aromatic N) is 3. The number of oxazole rings is 1. The number of para-hydroxylation sites is 2. The molecule has 0 aliphatic carbocycles. The fraction of sp³-hybridized carbons (Fsp3) is 0.0417. The van der Waals surface area contributed by atoms with E-state index in [0.717, 1.165) is 5.69 Å². The Morgan fingerprint density at radius 2 is 1.65 bits per heavy atom. The molecule has 3 aromatic carbocycles. The molecule has 0 saturated carbocycles. The van der Waals surface area contributed by atoms with Crippen molar-refractivity contribution in [1.29, 1.82) is 0 Å². The maximum absolute atomic E-state index is 13.2. The van der Waals surface area contributed by atoms with E-state index < -0.39 is 0 Å². The first kappa shape index (κ1) is 19.3. The second kappa shape index (κ2) is 8.20. The summed E-state index contributed by atoms with van der Waals surface area (Å²) in [7, 11) is 0. The zero-order valence-corrected chi connectivity index (χ0v) is 17.1. The molecule has 0 radical (unpaired) electrons. The minimum atomic E-state index is -0.313. The van der Waals surface area contributed by atoms with Crippen LogP contribution in [0.1, 0.15) is 5.69 Å². The van der Waals surface area contributed by atoms with E-state index in [0.29, 0.717) is 39.0 Å². The summed E-state index contributed by atoms with van der Waals surface area (Å²) < 4.78 is 20.3. The number of hydrogen-bond acceptors (Lipinski definition) is 5. The van der Waals surface area contributed by atoms with Gasteiger partial charge in [0.1, 0.15) is 12.1 Å². The molecule has 0 saturated heterocycles. The molecule has 0 aliphatic rings. The number of hydrogen-bond donors (Lipinski definition) is 0. The summed E-state index contributed by atoms with van der Waals surface area (Å²) in [6, 6.07) is 22.7. The van der Waals surface area contributed by atoms with Crippen LogP contribution in [-0.2, 0) is 5.75 Å². The highest BCUT2D eigenvalue weighted by molar-refractivity contribution is 7.98. The van der Waals surface area contributed by atoms with Crippen LogP contribution in [0.25, 0.3) is 28.0 Å². The Kier molecular flexibility index (Phi) is 5.09. The van der Waals surface area contributed by atoms with E-state index in [9.17, 15) is 9.18 Å². The molecule has 2 aromatic heterocycles. The van der Waals surface area contributed by atoms with Gasteiger partial charge in [-0.2, -0.15) is 0 Å². The molecule has 2 heterocycles. The van der Waals surface area contributed by atoms with Gasteiger partial charge in [0.05, 0.1) is 22.3 Å². The van der Waals surface area contributed by atoms with Gasteiger partial charge in [0, 0.05) is 11.3 Å². The summed E-state index contributed by atoms with van der Waals surface area (Å²) in [5.74, 6) is 0.567. The average Bonchev–Trinajstić information content (AvgIpc) is 3.28. The zero-order valence-electron chi connectivity index (χ0n) is 16.2. The second-order valence-electron chi connectivity index (χ2n) is 6.83. The normalized spacial score (nSPS) is 11.1. The molecule has 0 atom stereocenters. The number of halogens is 1. The fourth-order valence-corrected chi connectivity index (χ4v) is 4.14. The van der Waals surface area contributed by atoms with Gasteiger partial charge in [0.15, 0.2) is 5.16 Å². The predicted molar refractivity (Wildman–Crippen MR) is 119 cm³/mol. The van der Waals surface area contributed by atoms with Crippen LogP contribution in [-0.4, -0.2) is 14.5 Å². The first-order chi connectivity index (χ1) is 15.2. The maximum atomic E-state index is 13.2. The third-order valence-corrected chi connectivity index (χ3v) is 5.72. The molecular formula is C24H16FN3O2S. The molecule has 5 rings (SSSR count). The van der Waals surface area contributed by atoms with Crippen LogP contribution in [0.15, 0.2) is 99.5 Å². The molecule has 0 aliphatic heterocycles. The number of fused-ring (bicyclic) bond motifs is 1. The first-order valence-electron chi connectivity index (χ1n) is 9.59. The molecular weight excluding hydrogens is 413 g/mol. The van der Waals surface area contributed by atoms with Crippen LogP contribution in [0.4, 0.5) is 4.39 Å². The van der Waals surface area contributed by atoms with E-state index in [-0.39, 0.29) is 11.4 Å². The smallest absolute Gasteiger partial charge is 0.266 e. The molecule has 5 nitrogen and oxygen atoms in total. The Bertz CT molecular complexity index is 1410. The van der Waals surface area contributed by atoms with E-state index in [1.165, 1.54) is 23.9 Å². The van der Waals surface area contributed by atoms with Gasteiger partial charge < -0.3 is 4.42 Å². The molecule has 31 heavy (non-hydrogen) atoms. The van der Waals surface area contributed by atoms with Gasteiger partial charge in [-0.05, 0) is 48.5 Å². The molecule has 152 valence electrons. The lowest BCUT2D eigenvalue weighted by molar-refractivity contribution is 0.573. The SMILES string of the molecule is O=c1c2ccccc2nc(SCc2coc(-c3ccc(F)cc3)n2)n1-c1ccccc1. The van der Waals surface area contributed by atoms with E-state index in [4.69, 9.17) is 9.40 Å². The fourth-order valence-electron chi connectivity index (χ4n) is 3.25. The van der Waals surface area contributed by atoms with Crippen molar-refractivity contribution in [3.8, 4) is 17.1 Å². The van der Waals surface area contributed by atoms with Crippen LogP contribution >= 0.6 is 11.8 Å². The van der Waals surface area contributed by atoms with Crippen molar-refractivity contribution in [2.75, 3.05) is 0 Å². The Hall–Kier alpha value is -3.71. The topological polar surface area (TPSA) is 60.9 Å². The van der Waals surface area contributed by atoms with Gasteiger partial charge in [-0.25, -0.2) is 14.4 Å². The van der Waals surface area contributed by atoms with Gasteiger partial charge in [-0.1, -0.05) is 42.1 Å². The third kappa shape index (κ3) is 3.87. The molecule has 5 aromatic rings. The molecule has 0 fully saturated rings. The Labute approximate surface area is 181 Å². The molecule has 0 bridgehead atoms. The first-order valence-corrected chi connectivity index (χ1v) is 10.6. The van der Waals surface area contributed by atoms with Crippen LogP contribution < -0.4 is 5.56 Å². The molecule has 0 spiro atoms. The quantitative estimate of drug-likeness (QED) is 0.274. The van der Waals surface area contributed by atoms with Crippen LogP contribution in [0.2, 0.25) is 0 Å². The van der Waals surface area contributed by atoms with Gasteiger partial charge in [-0.3, -0.25) is 9.36 Å². The van der Waals surface area contributed by atoms with Crippen molar-refractivity contribution in [2.45, 2.75) is 10.9 Å². The molecule has 0 N–H and O–H groups in total. The third-order valence-electron chi connectivity index (χ3n) is 4.75. The predicted octanol–water partition coefficient (Wildman–Crippen LogP) is 5.47. The van der Waals surface area contributed by atoms with Crippen LogP contribution in [0, 0.1) is 5.82 Å². The zero-order chi connectivity index (χ0) is 21.2. The van der Waals surface area contributed by atoms with Gasteiger partial charge in [0.25, 0.3) is 5.56 Å². The molecule has 0 amide bonds. The van der Waals surface area contributed by atoms with E-state index in [1.807, 2.05) is 48.5 Å². The average molecular weight is 429 g/mol. The molecule has 0 unspecified atom stereocenters. The van der Waals surface area contributed by atoms with Crippen LogP contribution in [0.3, 0.4) is 0 Å². The highest BCUT2D eigenvalue weighted by Crippen LogP contribution is 2.26. The monoisotopic (exact) mass is 429 g/mol. The van der Waals surface area contributed by atoms with E-state index >= 15 is 0 Å². The Morgan fingerprint density at radius 3 is 2.45 bits per heavy atom. The van der Waals surface area contributed by atoms with E-state index in [2.05, 4.69) is 4.98 Å². The van der Waals surface area contributed by atoms with Crippen molar-refractivity contribution >= 4 is 22.7 Å². The second-order valence-corrected chi connectivity index (χ2v) is 7.77. The number of benzene rings is 3. The lowest BCUT2D eigenvalue weighted by Crippen LogP contribution is -2.21. The minimum absolute atomic E-state index is 0.119. The van der Waals surface area contributed by atoms with Gasteiger partial charge in [0.2, 0.25) is 5.89 Å². The standard InChI is InChI=1S/C24H16FN3O2S/c25-17-12-10-16(11-13-17)22-26-18(14-30-22)15-31-24-27-21-9-5-4-8-20(21)23(29)28(24)19-6-2-1-3-7-19/h1-14H,15H2. The summed E-state index contributed by atoms with van der Waals surface area (Å²) in [6.07, 6.45) is 1.57. The highest BCUT2D eigenvalue weighted by atomic mass is 32.2. The summed E-state index contributed by atoms with van der Waals surface area (Å²) in [5, 5.41) is 1.14. The number of thioether (sulfide) groups is 1. The Morgan fingerprint density at radius 1 is 0.903 bits per heavy atom. The lowest BCUT2D eigenvalue weighted by atomic mass is 10.2. The van der Waals surface area contributed by atoms with Crippen LogP contribution in [0.5, 0.6) is 0 Å². The lowest BCUT2D eigenvalue weighted by Gasteiger charge is -2.12. The van der Waals surface area contributed by atoms with E-state index in [1.54, 1.807) is 29.0 Å². The summed E-state index contributed by atoms with van der Waals surface area (Å²) in [5.41, 5.74) is 2.68. The van der Waals surface area contributed by atoms with Crippen molar-refractivity contribution in [1.82, 2.24) is 14.5 Å². The number of aromatic nitrogens is 3. The maximum Gasteiger partial charge on any atom is 0.266 e. The largest absolute Gasteiger partial charge is 0.444 e. The van der Waals surface area contributed by atoms with Crippen molar-refractivity contribution in [2.24, 2.45) is 0 Å². The van der Waals surface area contributed by atoms with Crippen molar-refractivity contribution < 1.29 is 8.81 Å². The van der Waals surface area contributed by atoms with Crippen molar-refractivity contribution in [3.63, 3.8) is 0 Å². The summed E-state index contributed by atoms with van der Waals surface area (Å²) >= 11 is 1.40. The minimum Gasteiger partial charge on any atom is -0.444 e. The summed E-state index contributed by atoms with van der Waals surface area (Å²) in [4.78, 5) is 22.4.